The summed E-state index contributed by atoms with van der Waals surface area (Å²) in [5, 5.41) is 19.3. The van der Waals surface area contributed by atoms with E-state index in [1.165, 1.54) is 23.6 Å². The van der Waals surface area contributed by atoms with Gasteiger partial charge in [0.05, 0.1) is 17.6 Å². The van der Waals surface area contributed by atoms with E-state index in [1.54, 1.807) is 12.1 Å². The lowest BCUT2D eigenvalue weighted by Crippen LogP contribution is -2.35. The van der Waals surface area contributed by atoms with Crippen molar-refractivity contribution < 1.29 is 22.8 Å². The third-order valence-electron chi connectivity index (χ3n) is 5.27. The number of rotatable bonds is 4. The largest absolute Gasteiger partial charge is 0.490 e. The van der Waals surface area contributed by atoms with Gasteiger partial charge >= 0.3 is 11.9 Å². The number of alkyl halides is 3. The zero-order valence-electron chi connectivity index (χ0n) is 16.0. The van der Waals surface area contributed by atoms with Crippen LogP contribution in [0.4, 0.5) is 24.5 Å². The quantitative estimate of drug-likeness (QED) is 0.467. The maximum Gasteiger partial charge on any atom is 0.417 e. The molecule has 1 fully saturated rings. The Morgan fingerprint density at radius 2 is 2.03 bits per heavy atom. The molecular weight excluding hydrogens is 403 g/mol. The monoisotopic (exact) mass is 421 g/mol. The minimum absolute atomic E-state index is 0.127. The van der Waals surface area contributed by atoms with Crippen LogP contribution in [0.1, 0.15) is 30.1 Å². The molecular formula is C19H18F3N5O3. The van der Waals surface area contributed by atoms with Crippen LogP contribution < -0.4 is 9.64 Å². The summed E-state index contributed by atoms with van der Waals surface area (Å²) in [5.41, 5.74) is 0.209. The van der Waals surface area contributed by atoms with Gasteiger partial charge in [-0.25, -0.2) is 0 Å². The molecule has 1 atom stereocenters. The number of halogens is 3. The van der Waals surface area contributed by atoms with E-state index in [0.29, 0.717) is 24.6 Å². The maximum absolute atomic E-state index is 13.1. The lowest BCUT2D eigenvalue weighted by Gasteiger charge is -2.33. The Balaban J connectivity index is 1.64. The average molecular weight is 421 g/mol. The highest BCUT2D eigenvalue weighted by atomic mass is 19.4. The van der Waals surface area contributed by atoms with Gasteiger partial charge in [-0.05, 0) is 31.0 Å². The minimum Gasteiger partial charge on any atom is -0.490 e. The second-order valence-corrected chi connectivity index (χ2v) is 7.10. The van der Waals surface area contributed by atoms with Gasteiger partial charge in [-0.2, -0.15) is 13.2 Å². The van der Waals surface area contributed by atoms with Gasteiger partial charge < -0.3 is 9.64 Å². The van der Waals surface area contributed by atoms with Crippen molar-refractivity contribution in [3.8, 4) is 5.75 Å². The summed E-state index contributed by atoms with van der Waals surface area (Å²) in [6, 6.07) is 6.93. The molecule has 0 amide bonds. The molecule has 8 nitrogen and oxygen atoms in total. The van der Waals surface area contributed by atoms with E-state index >= 15 is 0 Å². The molecule has 0 spiro atoms. The van der Waals surface area contributed by atoms with Gasteiger partial charge in [-0.1, -0.05) is 0 Å². The summed E-state index contributed by atoms with van der Waals surface area (Å²) < 4.78 is 45.9. The Bertz CT molecular complexity index is 1100. The van der Waals surface area contributed by atoms with Crippen LogP contribution in [0.3, 0.4) is 0 Å². The van der Waals surface area contributed by atoms with Crippen LogP contribution in [-0.2, 0) is 6.18 Å². The van der Waals surface area contributed by atoms with E-state index in [0.717, 1.165) is 30.8 Å². The number of pyridine rings is 1. The van der Waals surface area contributed by atoms with E-state index in [-0.39, 0.29) is 17.4 Å². The summed E-state index contributed by atoms with van der Waals surface area (Å²) in [6.07, 6.45) is -1.89. The highest BCUT2D eigenvalue weighted by Gasteiger charge is 2.32. The Morgan fingerprint density at radius 1 is 1.23 bits per heavy atom. The van der Waals surface area contributed by atoms with Crippen LogP contribution in [0.25, 0.3) is 5.65 Å². The molecule has 0 radical (unpaired) electrons. The number of nitro benzene ring substituents is 1. The molecule has 1 unspecified atom stereocenters. The molecule has 4 rings (SSSR count). The van der Waals surface area contributed by atoms with E-state index in [2.05, 4.69) is 10.2 Å². The summed E-state index contributed by atoms with van der Waals surface area (Å²) in [5.74, 6) is 0.482. The summed E-state index contributed by atoms with van der Waals surface area (Å²) in [6.45, 7) is 1.21. The molecule has 1 saturated heterocycles. The molecule has 1 aliphatic rings. The first-order chi connectivity index (χ1) is 14.3. The van der Waals surface area contributed by atoms with Crippen molar-refractivity contribution in [2.75, 3.05) is 25.1 Å². The van der Waals surface area contributed by atoms with Crippen molar-refractivity contribution in [2.45, 2.75) is 24.9 Å². The van der Waals surface area contributed by atoms with Gasteiger partial charge in [0, 0.05) is 43.0 Å². The van der Waals surface area contributed by atoms with Crippen molar-refractivity contribution >= 4 is 17.0 Å². The number of aromatic nitrogens is 3. The number of benzene rings is 1. The molecule has 2 aromatic heterocycles. The second-order valence-electron chi connectivity index (χ2n) is 7.10. The van der Waals surface area contributed by atoms with Crippen molar-refractivity contribution in [3.05, 3.63) is 58.0 Å². The van der Waals surface area contributed by atoms with Crippen LogP contribution in [0, 0.1) is 10.1 Å². The van der Waals surface area contributed by atoms with Gasteiger partial charge in [-0.3, -0.25) is 14.5 Å². The number of nitrogens with zero attached hydrogens (tertiary/aromatic N) is 5. The Hall–Kier alpha value is -3.37. The third kappa shape index (κ3) is 3.62. The number of methoxy groups -OCH3 is 1. The molecule has 0 N–H and O–H groups in total. The van der Waals surface area contributed by atoms with Gasteiger partial charge in [0.2, 0.25) is 0 Å². The van der Waals surface area contributed by atoms with E-state index in [1.807, 2.05) is 4.90 Å². The van der Waals surface area contributed by atoms with E-state index in [9.17, 15) is 23.3 Å². The molecule has 158 valence electrons. The Morgan fingerprint density at radius 3 is 2.73 bits per heavy atom. The minimum atomic E-state index is -4.45. The molecule has 11 heteroatoms. The summed E-state index contributed by atoms with van der Waals surface area (Å²) in [4.78, 5) is 12.6. The average Bonchev–Trinajstić information content (AvgIpc) is 3.16. The lowest BCUT2D eigenvalue weighted by molar-refractivity contribution is -0.385. The normalized spacial score (nSPS) is 17.3. The Kier molecular flexibility index (Phi) is 4.96. The molecule has 0 bridgehead atoms. The van der Waals surface area contributed by atoms with Gasteiger partial charge in [-0.15, -0.1) is 10.2 Å². The third-order valence-corrected chi connectivity index (χ3v) is 5.27. The predicted octanol–water partition coefficient (Wildman–Crippen LogP) is 4.05. The topological polar surface area (TPSA) is 85.8 Å². The van der Waals surface area contributed by atoms with Crippen molar-refractivity contribution in [1.82, 2.24) is 14.6 Å². The van der Waals surface area contributed by atoms with Gasteiger partial charge in [0.15, 0.2) is 11.4 Å². The second kappa shape index (κ2) is 7.47. The first kappa shape index (κ1) is 19.9. The number of ether oxygens (including phenoxy) is 1. The van der Waals surface area contributed by atoms with E-state index in [4.69, 9.17) is 4.74 Å². The van der Waals surface area contributed by atoms with Crippen LogP contribution in [0.2, 0.25) is 0 Å². The molecule has 1 aromatic carbocycles. The highest BCUT2D eigenvalue weighted by molar-refractivity contribution is 5.59. The van der Waals surface area contributed by atoms with Crippen LogP contribution >= 0.6 is 0 Å². The molecule has 0 aliphatic carbocycles. The molecule has 3 aromatic rings. The number of fused-ring (bicyclic) bond motifs is 1. The zero-order valence-corrected chi connectivity index (χ0v) is 16.0. The maximum atomic E-state index is 13.1. The first-order valence-electron chi connectivity index (χ1n) is 9.27. The molecule has 3 heterocycles. The summed E-state index contributed by atoms with van der Waals surface area (Å²) >= 11 is 0. The fourth-order valence-electron chi connectivity index (χ4n) is 3.79. The standard InChI is InChI=1S/C19H18F3N5O3/c1-30-16-9-14(5-6-15(16)27(28)29)25-8-2-3-12(10-25)18-24-23-17-7-4-13(11-26(17)18)19(20,21)22/h4-7,9,11-12H,2-3,8,10H2,1H3. The van der Waals surface area contributed by atoms with E-state index < -0.39 is 16.7 Å². The number of nitro groups is 1. The predicted molar refractivity (Wildman–Crippen MR) is 102 cm³/mol. The fourth-order valence-corrected chi connectivity index (χ4v) is 3.79. The molecule has 30 heavy (non-hydrogen) atoms. The first-order valence-corrected chi connectivity index (χ1v) is 9.27. The number of anilines is 1. The van der Waals surface area contributed by atoms with Crippen molar-refractivity contribution in [1.29, 1.82) is 0 Å². The van der Waals surface area contributed by atoms with Gasteiger partial charge in [0.25, 0.3) is 0 Å². The zero-order chi connectivity index (χ0) is 21.5. The summed E-state index contributed by atoms with van der Waals surface area (Å²) in [7, 11) is 1.37. The number of hydrogen-bond acceptors (Lipinski definition) is 6. The smallest absolute Gasteiger partial charge is 0.417 e. The van der Waals surface area contributed by atoms with Crippen molar-refractivity contribution in [3.63, 3.8) is 0 Å². The number of hydrogen-bond donors (Lipinski definition) is 0. The van der Waals surface area contributed by atoms with Gasteiger partial charge in [0.1, 0.15) is 5.82 Å². The number of piperidine rings is 1. The van der Waals surface area contributed by atoms with Crippen molar-refractivity contribution in [2.24, 2.45) is 0 Å². The molecule has 1 aliphatic heterocycles. The SMILES string of the molecule is COc1cc(N2CCCC(c3nnc4ccc(C(F)(F)F)cn34)C2)ccc1[N+](=O)[O-]. The lowest BCUT2D eigenvalue weighted by atomic mass is 9.96. The van der Waals surface area contributed by atoms with Crippen LogP contribution in [0.5, 0.6) is 5.75 Å². The van der Waals surface area contributed by atoms with Crippen LogP contribution in [-0.4, -0.2) is 39.7 Å². The molecule has 0 saturated carbocycles. The highest BCUT2D eigenvalue weighted by Crippen LogP contribution is 2.35. The Labute approximate surface area is 169 Å². The van der Waals surface area contributed by atoms with Crippen LogP contribution in [0.15, 0.2) is 36.5 Å². The fraction of sp³-hybridized carbons (Fsp3) is 0.368.